The Morgan fingerprint density at radius 1 is 1.12 bits per heavy atom. The minimum Gasteiger partial charge on any atom is -0.383 e. The van der Waals surface area contributed by atoms with E-state index in [-0.39, 0.29) is 0 Å². The molecule has 0 radical (unpaired) electrons. The van der Waals surface area contributed by atoms with Crippen molar-refractivity contribution in [3.05, 3.63) is 34.8 Å². The highest BCUT2D eigenvalue weighted by atomic mass is 79.9. The Morgan fingerprint density at radius 3 is 2.35 bits per heavy atom. The third kappa shape index (κ3) is 2.39. The summed E-state index contributed by atoms with van der Waals surface area (Å²) >= 11 is 3.43. The summed E-state index contributed by atoms with van der Waals surface area (Å²) in [6.45, 7) is 0. The zero-order chi connectivity index (χ0) is 12.4. The van der Waals surface area contributed by atoms with Crippen LogP contribution in [0.5, 0.6) is 0 Å². The number of aromatic nitrogens is 2. The number of hydrogen-bond acceptors (Lipinski definition) is 4. The average Bonchev–Trinajstić information content (AvgIpc) is 2.33. The monoisotopic (exact) mass is 292 g/mol. The van der Waals surface area contributed by atoms with Crippen molar-refractivity contribution in [2.45, 2.75) is 0 Å². The first kappa shape index (κ1) is 11.9. The lowest BCUT2D eigenvalue weighted by Gasteiger charge is -2.14. The molecule has 0 saturated heterocycles. The fourth-order valence-electron chi connectivity index (χ4n) is 1.44. The molecule has 17 heavy (non-hydrogen) atoms. The van der Waals surface area contributed by atoms with Crippen LogP contribution in [0.2, 0.25) is 0 Å². The molecule has 0 aliphatic rings. The molecule has 0 bridgehead atoms. The fourth-order valence-corrected chi connectivity index (χ4v) is 1.85. The summed E-state index contributed by atoms with van der Waals surface area (Å²) in [6, 6.07) is 9.89. The summed E-state index contributed by atoms with van der Waals surface area (Å²) in [6.07, 6.45) is 0. The van der Waals surface area contributed by atoms with E-state index >= 15 is 0 Å². The average molecular weight is 293 g/mol. The lowest BCUT2D eigenvalue weighted by Crippen LogP contribution is -2.14. The normalized spacial score (nSPS) is 10.3. The number of nitrogens with zero attached hydrogens (tertiary/aromatic N) is 3. The van der Waals surface area contributed by atoms with Crippen LogP contribution >= 0.6 is 15.9 Å². The molecule has 0 aliphatic heterocycles. The first-order valence-corrected chi connectivity index (χ1v) is 5.94. The zero-order valence-corrected chi connectivity index (χ0v) is 11.3. The molecule has 1 aromatic heterocycles. The number of anilines is 2. The smallest absolute Gasteiger partial charge is 0.227 e. The third-order valence-electron chi connectivity index (χ3n) is 2.31. The quantitative estimate of drug-likeness (QED) is 0.924. The van der Waals surface area contributed by atoms with Gasteiger partial charge in [0.1, 0.15) is 5.82 Å². The van der Waals surface area contributed by atoms with Crippen LogP contribution < -0.4 is 10.6 Å². The van der Waals surface area contributed by atoms with Gasteiger partial charge in [0.25, 0.3) is 0 Å². The van der Waals surface area contributed by atoms with Crippen molar-refractivity contribution in [1.29, 1.82) is 0 Å². The van der Waals surface area contributed by atoms with Gasteiger partial charge in [0, 0.05) is 19.7 Å². The molecule has 1 aromatic carbocycles. The minimum absolute atomic E-state index is 0.447. The topological polar surface area (TPSA) is 55.0 Å². The Labute approximate surface area is 109 Å². The maximum Gasteiger partial charge on any atom is 0.227 e. The summed E-state index contributed by atoms with van der Waals surface area (Å²) in [5.41, 5.74) is 7.69. The Kier molecular flexibility index (Phi) is 3.28. The van der Waals surface area contributed by atoms with Crippen molar-refractivity contribution in [2.24, 2.45) is 0 Å². The second-order valence-corrected chi connectivity index (χ2v) is 4.62. The van der Waals surface area contributed by atoms with Gasteiger partial charge in [-0.3, -0.25) is 0 Å². The Balaban J connectivity index is 2.61. The molecule has 2 N–H and O–H groups in total. The highest BCUT2D eigenvalue weighted by molar-refractivity contribution is 9.10. The second-order valence-electron chi connectivity index (χ2n) is 3.83. The molecule has 5 heteroatoms. The van der Waals surface area contributed by atoms with E-state index in [2.05, 4.69) is 25.9 Å². The summed E-state index contributed by atoms with van der Waals surface area (Å²) < 4.78 is 0.731. The van der Waals surface area contributed by atoms with Crippen molar-refractivity contribution in [3.8, 4) is 11.3 Å². The van der Waals surface area contributed by atoms with Crippen LogP contribution in [0.4, 0.5) is 11.8 Å². The molecule has 0 fully saturated rings. The summed E-state index contributed by atoms with van der Waals surface area (Å²) in [5.74, 6) is 1.05. The molecule has 4 nitrogen and oxygen atoms in total. The van der Waals surface area contributed by atoms with Crippen LogP contribution in [0.1, 0.15) is 0 Å². The molecule has 1 heterocycles. The van der Waals surface area contributed by atoms with Gasteiger partial charge in [-0.25, -0.2) is 4.98 Å². The lowest BCUT2D eigenvalue weighted by atomic mass is 10.1. The largest absolute Gasteiger partial charge is 0.383 e. The first-order chi connectivity index (χ1) is 8.09. The maximum absolute atomic E-state index is 5.87. The molecule has 0 atom stereocenters. The van der Waals surface area contributed by atoms with Gasteiger partial charge in [-0.2, -0.15) is 4.98 Å². The van der Waals surface area contributed by atoms with E-state index in [4.69, 9.17) is 5.73 Å². The van der Waals surface area contributed by atoms with Gasteiger partial charge < -0.3 is 10.6 Å². The van der Waals surface area contributed by atoms with Gasteiger partial charge in [-0.1, -0.05) is 30.3 Å². The van der Waals surface area contributed by atoms with E-state index in [0.29, 0.717) is 11.8 Å². The maximum atomic E-state index is 5.87. The molecule has 2 aromatic rings. The number of nitrogens with two attached hydrogens (primary N) is 1. The number of hydrogen-bond donors (Lipinski definition) is 1. The van der Waals surface area contributed by atoms with Gasteiger partial charge in [0.05, 0.1) is 10.2 Å². The van der Waals surface area contributed by atoms with Crippen LogP contribution in [0.3, 0.4) is 0 Å². The van der Waals surface area contributed by atoms with Gasteiger partial charge in [0.15, 0.2) is 0 Å². The fraction of sp³-hybridized carbons (Fsp3) is 0.167. The van der Waals surface area contributed by atoms with Gasteiger partial charge >= 0.3 is 0 Å². The van der Waals surface area contributed by atoms with E-state index in [1.807, 2.05) is 49.3 Å². The van der Waals surface area contributed by atoms with E-state index in [1.54, 1.807) is 0 Å². The van der Waals surface area contributed by atoms with Gasteiger partial charge in [0.2, 0.25) is 5.95 Å². The number of halogens is 1. The number of rotatable bonds is 2. The highest BCUT2D eigenvalue weighted by Crippen LogP contribution is 2.31. The zero-order valence-electron chi connectivity index (χ0n) is 9.68. The Bertz CT molecular complexity index is 526. The Morgan fingerprint density at radius 2 is 1.76 bits per heavy atom. The van der Waals surface area contributed by atoms with Crippen LogP contribution in [-0.4, -0.2) is 24.1 Å². The number of nitrogen functional groups attached to an aromatic ring is 1. The van der Waals surface area contributed by atoms with Crippen molar-refractivity contribution in [3.63, 3.8) is 0 Å². The second kappa shape index (κ2) is 4.71. The van der Waals surface area contributed by atoms with Crippen LogP contribution in [0.15, 0.2) is 34.8 Å². The van der Waals surface area contributed by atoms with E-state index < -0.39 is 0 Å². The number of benzene rings is 1. The molecule has 0 aliphatic carbocycles. The molecule has 0 saturated carbocycles. The molecule has 88 valence electrons. The van der Waals surface area contributed by atoms with E-state index in [1.165, 1.54) is 0 Å². The van der Waals surface area contributed by atoms with Crippen molar-refractivity contribution < 1.29 is 0 Å². The predicted molar refractivity (Wildman–Crippen MR) is 73.9 cm³/mol. The molecular weight excluding hydrogens is 280 g/mol. The van der Waals surface area contributed by atoms with Crippen molar-refractivity contribution in [2.75, 3.05) is 24.7 Å². The molecule has 2 rings (SSSR count). The summed E-state index contributed by atoms with van der Waals surface area (Å²) in [7, 11) is 3.77. The molecule has 0 spiro atoms. The van der Waals surface area contributed by atoms with Crippen molar-refractivity contribution >= 4 is 27.7 Å². The summed E-state index contributed by atoms with van der Waals surface area (Å²) in [5, 5.41) is 0. The predicted octanol–water partition coefficient (Wildman–Crippen LogP) is 2.55. The van der Waals surface area contributed by atoms with E-state index in [0.717, 1.165) is 15.7 Å². The van der Waals surface area contributed by atoms with Crippen LogP contribution in [0, 0.1) is 0 Å². The lowest BCUT2D eigenvalue weighted by molar-refractivity contribution is 1.00. The Hall–Kier alpha value is -1.62. The van der Waals surface area contributed by atoms with Crippen LogP contribution in [-0.2, 0) is 0 Å². The van der Waals surface area contributed by atoms with Crippen LogP contribution in [0.25, 0.3) is 11.3 Å². The van der Waals surface area contributed by atoms with E-state index in [9.17, 15) is 0 Å². The standard InChI is InChI=1S/C12H13BrN4/c1-17(2)12-15-10(9(13)11(14)16-12)8-6-4-3-5-7-8/h3-7H,1-2H3,(H2,14,15,16). The summed E-state index contributed by atoms with van der Waals surface area (Å²) in [4.78, 5) is 10.5. The van der Waals surface area contributed by atoms with Gasteiger partial charge in [-0.15, -0.1) is 0 Å². The molecular formula is C12H13BrN4. The molecule has 0 unspecified atom stereocenters. The van der Waals surface area contributed by atoms with Crippen molar-refractivity contribution in [1.82, 2.24) is 9.97 Å². The third-order valence-corrected chi connectivity index (χ3v) is 3.09. The molecule has 0 amide bonds. The van der Waals surface area contributed by atoms with Gasteiger partial charge in [-0.05, 0) is 15.9 Å². The highest BCUT2D eigenvalue weighted by Gasteiger charge is 2.12. The SMILES string of the molecule is CN(C)c1nc(N)c(Br)c(-c2ccccc2)n1. The first-order valence-electron chi connectivity index (χ1n) is 5.15. The minimum atomic E-state index is 0.447.